The Kier molecular flexibility index (Phi) is 2.78. The van der Waals surface area contributed by atoms with Crippen LogP contribution in [0.15, 0.2) is 65.3 Å². The van der Waals surface area contributed by atoms with Crippen LogP contribution in [-0.2, 0) is 6.54 Å². The Morgan fingerprint density at radius 1 is 0.905 bits per heavy atom. The van der Waals surface area contributed by atoms with Crippen molar-refractivity contribution in [2.75, 3.05) is 5.32 Å². The number of furan rings is 1. The molecule has 4 nitrogen and oxygen atoms in total. The number of fused-ring (bicyclic) bond motifs is 2. The van der Waals surface area contributed by atoms with Crippen LogP contribution >= 0.6 is 0 Å². The van der Waals surface area contributed by atoms with Gasteiger partial charge >= 0.3 is 0 Å². The van der Waals surface area contributed by atoms with Gasteiger partial charge in [0.15, 0.2) is 0 Å². The lowest BCUT2D eigenvalue weighted by Gasteiger charge is -2.05. The normalized spacial score (nSPS) is 11.0. The third kappa shape index (κ3) is 2.31. The highest BCUT2D eigenvalue weighted by atomic mass is 16.3. The van der Waals surface area contributed by atoms with Gasteiger partial charge in [-0.25, -0.2) is 0 Å². The first kappa shape index (κ1) is 11.9. The van der Waals surface area contributed by atoms with Crippen molar-refractivity contribution in [1.82, 2.24) is 9.97 Å². The number of benzene rings is 2. The molecule has 0 atom stereocenters. The summed E-state index contributed by atoms with van der Waals surface area (Å²) in [5, 5.41) is 4.48. The quantitative estimate of drug-likeness (QED) is 0.614. The van der Waals surface area contributed by atoms with Crippen LogP contribution < -0.4 is 5.32 Å². The molecule has 0 fully saturated rings. The Morgan fingerprint density at radius 3 is 2.67 bits per heavy atom. The van der Waals surface area contributed by atoms with E-state index >= 15 is 0 Å². The summed E-state index contributed by atoms with van der Waals surface area (Å²) in [5.74, 6) is 0.912. The van der Waals surface area contributed by atoms with Crippen LogP contribution in [0, 0.1) is 0 Å². The molecule has 0 bridgehead atoms. The molecule has 2 aromatic heterocycles. The van der Waals surface area contributed by atoms with Gasteiger partial charge in [-0.15, -0.1) is 0 Å². The smallest absolute Gasteiger partial charge is 0.134 e. The second kappa shape index (κ2) is 4.90. The highest BCUT2D eigenvalue weighted by Gasteiger charge is 2.03. The number of hydrogen-bond donors (Lipinski definition) is 1. The van der Waals surface area contributed by atoms with E-state index in [1.165, 1.54) is 0 Å². The van der Waals surface area contributed by atoms with Gasteiger partial charge in [-0.3, -0.25) is 9.97 Å². The van der Waals surface area contributed by atoms with Gasteiger partial charge in [-0.1, -0.05) is 18.2 Å². The topological polar surface area (TPSA) is 51.0 Å². The first-order valence-electron chi connectivity index (χ1n) is 6.81. The Labute approximate surface area is 121 Å². The van der Waals surface area contributed by atoms with Gasteiger partial charge < -0.3 is 9.73 Å². The number of rotatable bonds is 3. The van der Waals surface area contributed by atoms with E-state index in [1.807, 2.05) is 42.5 Å². The molecule has 0 radical (unpaired) electrons. The molecule has 0 aliphatic rings. The van der Waals surface area contributed by atoms with Crippen molar-refractivity contribution in [3.63, 3.8) is 0 Å². The van der Waals surface area contributed by atoms with E-state index in [0.717, 1.165) is 33.5 Å². The molecule has 4 rings (SSSR count). The summed E-state index contributed by atoms with van der Waals surface area (Å²) in [5.41, 5.74) is 3.70. The predicted octanol–water partition coefficient (Wildman–Crippen LogP) is 3.99. The van der Waals surface area contributed by atoms with Crippen LogP contribution in [0.4, 0.5) is 5.69 Å². The molecule has 4 heteroatoms. The minimum atomic E-state index is 0.639. The van der Waals surface area contributed by atoms with E-state index in [9.17, 15) is 0 Å². The molecule has 0 aliphatic carbocycles. The van der Waals surface area contributed by atoms with Crippen molar-refractivity contribution in [1.29, 1.82) is 0 Å². The van der Waals surface area contributed by atoms with Gasteiger partial charge in [0.05, 0.1) is 17.6 Å². The summed E-state index contributed by atoms with van der Waals surface area (Å²) < 4.78 is 5.79. The van der Waals surface area contributed by atoms with Crippen LogP contribution in [0.3, 0.4) is 0 Å². The Balaban J connectivity index is 1.57. The van der Waals surface area contributed by atoms with E-state index in [2.05, 4.69) is 21.4 Å². The fraction of sp³-hybridized carbons (Fsp3) is 0.0588. The van der Waals surface area contributed by atoms with E-state index < -0.39 is 0 Å². The first-order chi connectivity index (χ1) is 10.4. The second-order valence-electron chi connectivity index (χ2n) is 4.86. The molecular formula is C17H13N3O. The molecule has 4 aromatic rings. The molecule has 0 amide bonds. The molecular weight excluding hydrogens is 262 g/mol. The third-order valence-corrected chi connectivity index (χ3v) is 3.41. The highest BCUT2D eigenvalue weighted by molar-refractivity contribution is 5.79. The standard InChI is InChI=1S/C17H13N3O/c1-2-4-17-12(3-1)9-14(21-17)11-20-13-5-6-15-16(10-13)19-8-7-18-15/h1-10,20H,11H2. The summed E-state index contributed by atoms with van der Waals surface area (Å²) in [6, 6.07) is 16.0. The van der Waals surface area contributed by atoms with Gasteiger partial charge in [0, 0.05) is 23.5 Å². The summed E-state index contributed by atoms with van der Waals surface area (Å²) in [4.78, 5) is 8.57. The maximum atomic E-state index is 5.79. The molecule has 0 saturated heterocycles. The third-order valence-electron chi connectivity index (χ3n) is 3.41. The van der Waals surface area contributed by atoms with Crippen molar-refractivity contribution in [3.05, 3.63) is 66.7 Å². The molecule has 0 saturated carbocycles. The number of hydrogen-bond acceptors (Lipinski definition) is 4. The van der Waals surface area contributed by atoms with Crippen molar-refractivity contribution < 1.29 is 4.42 Å². The molecule has 0 unspecified atom stereocenters. The van der Waals surface area contributed by atoms with Crippen LogP contribution in [0.5, 0.6) is 0 Å². The zero-order chi connectivity index (χ0) is 14.1. The maximum absolute atomic E-state index is 5.79. The van der Waals surface area contributed by atoms with Gasteiger partial charge in [0.1, 0.15) is 11.3 Å². The fourth-order valence-electron chi connectivity index (χ4n) is 2.39. The zero-order valence-electron chi connectivity index (χ0n) is 11.3. The summed E-state index contributed by atoms with van der Waals surface area (Å²) in [6.45, 7) is 0.639. The van der Waals surface area contributed by atoms with Crippen molar-refractivity contribution >= 4 is 27.7 Å². The van der Waals surface area contributed by atoms with E-state index in [4.69, 9.17) is 4.42 Å². The number of anilines is 1. The van der Waals surface area contributed by atoms with E-state index in [0.29, 0.717) is 6.54 Å². The highest BCUT2D eigenvalue weighted by Crippen LogP contribution is 2.20. The number of para-hydroxylation sites is 1. The average molecular weight is 275 g/mol. The summed E-state index contributed by atoms with van der Waals surface area (Å²) >= 11 is 0. The SMILES string of the molecule is c1ccc2oc(CNc3ccc4nccnc4c3)cc2c1. The zero-order valence-corrected chi connectivity index (χ0v) is 11.3. The number of nitrogens with zero attached hydrogens (tertiary/aromatic N) is 2. The lowest BCUT2D eigenvalue weighted by Crippen LogP contribution is -1.98. The maximum Gasteiger partial charge on any atom is 0.134 e. The molecule has 21 heavy (non-hydrogen) atoms. The van der Waals surface area contributed by atoms with Crippen molar-refractivity contribution in [3.8, 4) is 0 Å². The summed E-state index contributed by atoms with van der Waals surface area (Å²) in [7, 11) is 0. The fourth-order valence-corrected chi connectivity index (χ4v) is 2.39. The van der Waals surface area contributed by atoms with Crippen LogP contribution in [-0.4, -0.2) is 9.97 Å². The largest absolute Gasteiger partial charge is 0.459 e. The molecule has 2 heterocycles. The van der Waals surface area contributed by atoms with Gasteiger partial charge in [0.25, 0.3) is 0 Å². The van der Waals surface area contributed by atoms with Gasteiger partial charge in [-0.2, -0.15) is 0 Å². The monoisotopic (exact) mass is 275 g/mol. The van der Waals surface area contributed by atoms with Gasteiger partial charge in [0.2, 0.25) is 0 Å². The molecule has 0 spiro atoms. The number of nitrogens with one attached hydrogen (secondary N) is 1. The van der Waals surface area contributed by atoms with E-state index in [-0.39, 0.29) is 0 Å². The Hall–Kier alpha value is -2.88. The van der Waals surface area contributed by atoms with E-state index in [1.54, 1.807) is 12.4 Å². The first-order valence-corrected chi connectivity index (χ1v) is 6.81. The summed E-state index contributed by atoms with van der Waals surface area (Å²) in [6.07, 6.45) is 3.40. The molecule has 1 N–H and O–H groups in total. The van der Waals surface area contributed by atoms with Crippen LogP contribution in [0.1, 0.15) is 5.76 Å². The van der Waals surface area contributed by atoms with Gasteiger partial charge in [-0.05, 0) is 30.3 Å². The average Bonchev–Trinajstić information content (AvgIpc) is 2.95. The van der Waals surface area contributed by atoms with Crippen LogP contribution in [0.25, 0.3) is 22.0 Å². The molecule has 0 aliphatic heterocycles. The lowest BCUT2D eigenvalue weighted by atomic mass is 10.2. The lowest BCUT2D eigenvalue weighted by molar-refractivity contribution is 0.559. The van der Waals surface area contributed by atoms with Crippen LogP contribution in [0.2, 0.25) is 0 Å². The minimum Gasteiger partial charge on any atom is -0.459 e. The predicted molar refractivity (Wildman–Crippen MR) is 83.1 cm³/mol. The molecule has 102 valence electrons. The Bertz CT molecular complexity index is 881. The molecule has 2 aromatic carbocycles. The minimum absolute atomic E-state index is 0.639. The van der Waals surface area contributed by atoms with Crippen molar-refractivity contribution in [2.24, 2.45) is 0 Å². The second-order valence-corrected chi connectivity index (χ2v) is 4.86. The Morgan fingerprint density at radius 2 is 1.76 bits per heavy atom. The number of aromatic nitrogens is 2. The van der Waals surface area contributed by atoms with Crippen molar-refractivity contribution in [2.45, 2.75) is 6.54 Å².